The molecular formula is C26H34O9. The maximum atomic E-state index is 11.9. The van der Waals surface area contributed by atoms with Crippen molar-refractivity contribution in [1.82, 2.24) is 0 Å². The summed E-state index contributed by atoms with van der Waals surface area (Å²) in [6, 6.07) is 13.9. The van der Waals surface area contributed by atoms with E-state index in [-0.39, 0.29) is 0 Å². The lowest BCUT2D eigenvalue weighted by atomic mass is 10.2. The first kappa shape index (κ1) is 28.1. The largest absolute Gasteiger partial charge is 0.490 e. The Morgan fingerprint density at radius 2 is 0.886 bits per heavy atom. The number of carbonyl (C=O) groups is 2. The summed E-state index contributed by atoms with van der Waals surface area (Å²) in [5.74, 6) is 0.119. The Balaban J connectivity index is 1.47. The molecule has 0 aromatic heterocycles. The molecule has 0 unspecified atom stereocenters. The van der Waals surface area contributed by atoms with Crippen molar-refractivity contribution >= 4 is 11.9 Å². The van der Waals surface area contributed by atoms with Crippen LogP contribution in [0.5, 0.6) is 11.5 Å². The first-order valence-corrected chi connectivity index (χ1v) is 11.7. The van der Waals surface area contributed by atoms with Crippen LogP contribution in [0.15, 0.2) is 48.5 Å². The summed E-state index contributed by atoms with van der Waals surface area (Å²) >= 11 is 0. The zero-order chi connectivity index (χ0) is 25.1. The highest BCUT2D eigenvalue weighted by atomic mass is 16.6. The van der Waals surface area contributed by atoms with E-state index < -0.39 is 11.9 Å². The number of hydrogen-bond acceptors (Lipinski definition) is 9. The molecule has 0 saturated heterocycles. The van der Waals surface area contributed by atoms with Crippen LogP contribution >= 0.6 is 0 Å². The van der Waals surface area contributed by atoms with Crippen LogP contribution in [0, 0.1) is 0 Å². The van der Waals surface area contributed by atoms with Crippen molar-refractivity contribution in [3.63, 3.8) is 0 Å². The van der Waals surface area contributed by atoms with Gasteiger partial charge in [0.1, 0.15) is 35.8 Å². The molecule has 2 aromatic rings. The molecule has 0 amide bonds. The van der Waals surface area contributed by atoms with Crippen molar-refractivity contribution in [3.05, 3.63) is 59.7 Å². The van der Waals surface area contributed by atoms with Crippen molar-refractivity contribution in [3.8, 4) is 11.5 Å². The van der Waals surface area contributed by atoms with Gasteiger partial charge in [0.15, 0.2) is 0 Å². The summed E-state index contributed by atoms with van der Waals surface area (Å²) in [5.41, 5.74) is 0.789. The third-order valence-corrected chi connectivity index (χ3v) is 4.48. The molecule has 2 rings (SSSR count). The van der Waals surface area contributed by atoms with Crippen LogP contribution in [-0.2, 0) is 23.7 Å². The number of hydrogen-bond donors (Lipinski definition) is 0. The van der Waals surface area contributed by atoms with Crippen LogP contribution < -0.4 is 9.47 Å². The predicted octanol–water partition coefficient (Wildman–Crippen LogP) is 3.55. The summed E-state index contributed by atoms with van der Waals surface area (Å²) in [5, 5.41) is 0. The monoisotopic (exact) mass is 490 g/mol. The third-order valence-electron chi connectivity index (χ3n) is 4.48. The fourth-order valence-corrected chi connectivity index (χ4v) is 2.90. The van der Waals surface area contributed by atoms with Gasteiger partial charge in [0.25, 0.3) is 0 Å². The average Bonchev–Trinajstić information content (AvgIpc) is 2.87. The average molecular weight is 491 g/mol. The van der Waals surface area contributed by atoms with Crippen molar-refractivity contribution < 1.29 is 42.7 Å². The normalized spacial score (nSPS) is 10.6. The van der Waals surface area contributed by atoms with Gasteiger partial charge < -0.3 is 33.2 Å². The molecule has 0 saturated carbocycles. The number of rotatable bonds is 18. The van der Waals surface area contributed by atoms with Gasteiger partial charge in [0.05, 0.1) is 52.9 Å². The van der Waals surface area contributed by atoms with Gasteiger partial charge in [-0.2, -0.15) is 0 Å². The molecule has 0 bridgehead atoms. The van der Waals surface area contributed by atoms with E-state index in [4.69, 9.17) is 33.2 Å². The van der Waals surface area contributed by atoms with Gasteiger partial charge in [-0.15, -0.1) is 0 Å². The Bertz CT molecular complexity index is 813. The maximum absolute atomic E-state index is 11.9. The van der Waals surface area contributed by atoms with E-state index in [9.17, 15) is 9.59 Å². The van der Waals surface area contributed by atoms with Gasteiger partial charge >= 0.3 is 11.9 Å². The highest BCUT2D eigenvalue weighted by Gasteiger charge is 2.13. The van der Waals surface area contributed by atoms with Crippen molar-refractivity contribution in [2.24, 2.45) is 0 Å². The Morgan fingerprint density at radius 1 is 0.543 bits per heavy atom. The molecule has 35 heavy (non-hydrogen) atoms. The lowest BCUT2D eigenvalue weighted by Gasteiger charge is -2.11. The molecule has 9 heteroatoms. The highest BCUT2D eigenvalue weighted by Crippen LogP contribution is 2.19. The molecular weight excluding hydrogens is 456 g/mol. The Labute approximate surface area is 206 Å². The topological polar surface area (TPSA) is 98.8 Å². The van der Waals surface area contributed by atoms with E-state index in [1.807, 2.05) is 0 Å². The fraction of sp³-hybridized carbons (Fsp3) is 0.462. The number of ether oxygens (including phenoxy) is 7. The molecule has 0 fully saturated rings. The summed E-state index contributed by atoms with van der Waals surface area (Å²) < 4.78 is 37.7. The van der Waals surface area contributed by atoms with E-state index in [1.54, 1.807) is 62.4 Å². The number of carbonyl (C=O) groups excluding carboxylic acids is 2. The molecule has 0 aliphatic carbocycles. The molecule has 9 nitrogen and oxygen atoms in total. The molecule has 0 heterocycles. The minimum atomic E-state index is -0.410. The van der Waals surface area contributed by atoms with Crippen LogP contribution in [0.2, 0.25) is 0 Å². The van der Waals surface area contributed by atoms with E-state index in [1.165, 1.54) is 0 Å². The van der Waals surface area contributed by atoms with Gasteiger partial charge in [-0.25, -0.2) is 9.59 Å². The second kappa shape index (κ2) is 17.3. The minimum Gasteiger partial charge on any atom is -0.490 e. The lowest BCUT2D eigenvalue weighted by molar-refractivity contribution is 0.00481. The number of esters is 2. The standard InChI is InChI=1S/C26H34O9/c1-3-32-25(27)21-9-5-7-11-23(21)34-19-17-30-15-13-29-14-16-31-18-20-35-24-12-8-6-10-22(24)26(28)33-4-2/h5-12H,3-4,13-20H2,1-2H3. The fourth-order valence-electron chi connectivity index (χ4n) is 2.90. The first-order valence-electron chi connectivity index (χ1n) is 11.7. The van der Waals surface area contributed by atoms with E-state index in [2.05, 4.69) is 0 Å². The van der Waals surface area contributed by atoms with Gasteiger partial charge in [-0.3, -0.25) is 0 Å². The predicted molar refractivity (Wildman–Crippen MR) is 128 cm³/mol. The maximum Gasteiger partial charge on any atom is 0.341 e. The van der Waals surface area contributed by atoms with E-state index in [0.29, 0.717) is 88.7 Å². The molecule has 2 aromatic carbocycles. The Hall–Kier alpha value is -3.14. The Kier molecular flexibility index (Phi) is 13.9. The first-order chi connectivity index (χ1) is 17.2. The summed E-state index contributed by atoms with van der Waals surface area (Å²) in [7, 11) is 0. The molecule has 0 spiro atoms. The van der Waals surface area contributed by atoms with E-state index in [0.717, 1.165) is 0 Å². The van der Waals surface area contributed by atoms with Crippen LogP contribution in [0.1, 0.15) is 34.6 Å². The van der Waals surface area contributed by atoms with Gasteiger partial charge in [0.2, 0.25) is 0 Å². The minimum absolute atomic E-state index is 0.304. The van der Waals surface area contributed by atoms with Crippen LogP contribution in [0.25, 0.3) is 0 Å². The quantitative estimate of drug-likeness (QED) is 0.229. The molecule has 0 atom stereocenters. The summed E-state index contributed by atoms with van der Waals surface area (Å²) in [6.07, 6.45) is 0. The molecule has 0 aliphatic rings. The summed E-state index contributed by atoms with van der Waals surface area (Å²) in [4.78, 5) is 23.8. The lowest BCUT2D eigenvalue weighted by Crippen LogP contribution is -2.15. The van der Waals surface area contributed by atoms with Gasteiger partial charge in [-0.1, -0.05) is 24.3 Å². The zero-order valence-electron chi connectivity index (χ0n) is 20.4. The van der Waals surface area contributed by atoms with Crippen molar-refractivity contribution in [1.29, 1.82) is 0 Å². The third kappa shape index (κ3) is 10.8. The molecule has 0 aliphatic heterocycles. The van der Waals surface area contributed by atoms with E-state index >= 15 is 0 Å². The van der Waals surface area contributed by atoms with Gasteiger partial charge in [-0.05, 0) is 38.1 Å². The molecule has 0 radical (unpaired) electrons. The number of para-hydroxylation sites is 2. The summed E-state index contributed by atoms with van der Waals surface area (Å²) in [6.45, 7) is 7.13. The van der Waals surface area contributed by atoms with Crippen molar-refractivity contribution in [2.45, 2.75) is 13.8 Å². The van der Waals surface area contributed by atoms with Gasteiger partial charge in [0, 0.05) is 0 Å². The highest BCUT2D eigenvalue weighted by molar-refractivity contribution is 5.93. The molecule has 192 valence electrons. The van der Waals surface area contributed by atoms with Crippen molar-refractivity contribution in [2.75, 3.05) is 66.1 Å². The second-order valence-electron chi connectivity index (χ2n) is 6.97. The Morgan fingerprint density at radius 3 is 1.26 bits per heavy atom. The van der Waals surface area contributed by atoms with Crippen LogP contribution in [0.3, 0.4) is 0 Å². The number of benzene rings is 2. The van der Waals surface area contributed by atoms with Crippen LogP contribution in [0.4, 0.5) is 0 Å². The SMILES string of the molecule is CCOC(=O)c1ccccc1OCCOCCOCCOCCOc1ccccc1C(=O)OCC. The zero-order valence-corrected chi connectivity index (χ0v) is 20.4. The van der Waals surface area contributed by atoms with Crippen LogP contribution in [-0.4, -0.2) is 78.0 Å². The smallest absolute Gasteiger partial charge is 0.341 e. The molecule has 0 N–H and O–H groups in total. The second-order valence-corrected chi connectivity index (χ2v) is 6.97.